The van der Waals surface area contributed by atoms with E-state index in [1.165, 1.54) is 25.8 Å². The molecule has 1 saturated heterocycles. The van der Waals surface area contributed by atoms with Gasteiger partial charge in [0, 0.05) is 41.7 Å². The topological polar surface area (TPSA) is 45.2 Å². The number of hydrogen-bond donors (Lipinski definition) is 1. The van der Waals surface area contributed by atoms with E-state index in [0.29, 0.717) is 5.92 Å². The molecule has 4 nitrogen and oxygen atoms in total. The van der Waals surface area contributed by atoms with Crippen molar-refractivity contribution in [1.29, 1.82) is 0 Å². The summed E-state index contributed by atoms with van der Waals surface area (Å²) in [7, 11) is 0. The maximum absolute atomic E-state index is 12.0. The first-order valence-electron chi connectivity index (χ1n) is 8.58. The van der Waals surface area contributed by atoms with Crippen molar-refractivity contribution < 1.29 is 4.79 Å². The van der Waals surface area contributed by atoms with E-state index in [9.17, 15) is 4.79 Å². The highest BCUT2D eigenvalue weighted by Crippen LogP contribution is 2.31. The number of nitrogens with zero attached hydrogens (tertiary/aromatic N) is 2. The first-order valence-corrected chi connectivity index (χ1v) is 9.40. The smallest absolute Gasteiger partial charge is 0.244 e. The minimum atomic E-state index is 0.000538. The van der Waals surface area contributed by atoms with Crippen molar-refractivity contribution in [3.63, 3.8) is 0 Å². The van der Waals surface area contributed by atoms with Gasteiger partial charge in [0.15, 0.2) is 0 Å². The van der Waals surface area contributed by atoms with Gasteiger partial charge >= 0.3 is 0 Å². The van der Waals surface area contributed by atoms with E-state index in [-0.39, 0.29) is 11.3 Å². The van der Waals surface area contributed by atoms with E-state index in [4.69, 9.17) is 0 Å². The molecule has 2 fully saturated rings. The predicted molar refractivity (Wildman–Crippen MR) is 95.6 cm³/mol. The summed E-state index contributed by atoms with van der Waals surface area (Å²) in [6.45, 7) is 9.61. The van der Waals surface area contributed by atoms with Crippen LogP contribution in [-0.2, 0) is 10.2 Å². The lowest BCUT2D eigenvalue weighted by Crippen LogP contribution is -2.30. The van der Waals surface area contributed by atoms with Crippen LogP contribution in [0, 0.1) is 5.92 Å². The van der Waals surface area contributed by atoms with Crippen LogP contribution in [-0.4, -0.2) is 41.5 Å². The highest BCUT2D eigenvalue weighted by atomic mass is 32.1. The fourth-order valence-electron chi connectivity index (χ4n) is 2.97. The number of nitrogens with one attached hydrogen (secondary N) is 1. The third kappa shape index (κ3) is 4.64. The van der Waals surface area contributed by atoms with Gasteiger partial charge in [-0.05, 0) is 37.8 Å². The van der Waals surface area contributed by atoms with Gasteiger partial charge in [0.05, 0.1) is 5.01 Å². The summed E-state index contributed by atoms with van der Waals surface area (Å²) in [5, 5.41) is 4.14. The number of likely N-dealkylation sites (tertiary alicyclic amines) is 1. The summed E-state index contributed by atoms with van der Waals surface area (Å²) in [4.78, 5) is 20.0. The Labute approximate surface area is 143 Å². The summed E-state index contributed by atoms with van der Waals surface area (Å²) in [6.07, 6.45) is 9.30. The van der Waals surface area contributed by atoms with Crippen LogP contribution in [0.2, 0.25) is 0 Å². The fraction of sp³-hybridized carbons (Fsp3) is 0.667. The van der Waals surface area contributed by atoms with Gasteiger partial charge < -0.3 is 10.2 Å². The van der Waals surface area contributed by atoms with Crippen molar-refractivity contribution in [1.82, 2.24) is 15.2 Å². The number of amides is 1. The summed E-state index contributed by atoms with van der Waals surface area (Å²) in [5.41, 5.74) is 0.0644. The average Bonchev–Trinajstić information content (AvgIpc) is 3.04. The monoisotopic (exact) mass is 333 g/mol. The van der Waals surface area contributed by atoms with E-state index in [0.717, 1.165) is 29.0 Å². The summed E-state index contributed by atoms with van der Waals surface area (Å²) >= 11 is 1.65. The maximum Gasteiger partial charge on any atom is 0.244 e. The summed E-state index contributed by atoms with van der Waals surface area (Å²) < 4.78 is 0. The van der Waals surface area contributed by atoms with Gasteiger partial charge in [0.1, 0.15) is 0 Å². The molecule has 1 atom stereocenters. The average molecular weight is 334 g/mol. The molecule has 23 heavy (non-hydrogen) atoms. The lowest BCUT2D eigenvalue weighted by atomic mass is 9.98. The van der Waals surface area contributed by atoms with Gasteiger partial charge in [-0.1, -0.05) is 20.8 Å². The Morgan fingerprint density at radius 2 is 2.22 bits per heavy atom. The van der Waals surface area contributed by atoms with Gasteiger partial charge in [0.25, 0.3) is 0 Å². The normalized spacial score (nSPS) is 22.8. The second-order valence-corrected chi connectivity index (χ2v) is 8.84. The quantitative estimate of drug-likeness (QED) is 0.843. The highest BCUT2D eigenvalue weighted by Gasteiger charge is 2.34. The summed E-state index contributed by atoms with van der Waals surface area (Å²) in [5.74, 6) is 0.615. The molecular weight excluding hydrogens is 306 g/mol. The van der Waals surface area contributed by atoms with Crippen molar-refractivity contribution >= 4 is 23.3 Å². The molecule has 3 rings (SSSR count). The maximum atomic E-state index is 12.0. The van der Waals surface area contributed by atoms with Crippen molar-refractivity contribution in [2.75, 3.05) is 19.6 Å². The van der Waals surface area contributed by atoms with Crippen molar-refractivity contribution in [3.05, 3.63) is 22.2 Å². The molecule has 1 aliphatic heterocycles. The van der Waals surface area contributed by atoms with E-state index < -0.39 is 0 Å². The summed E-state index contributed by atoms with van der Waals surface area (Å²) in [6, 6.07) is 0.846. The number of carbonyl (C=O) groups excluding carboxylic acids is 1. The highest BCUT2D eigenvalue weighted by molar-refractivity contribution is 7.12. The van der Waals surface area contributed by atoms with Gasteiger partial charge in [-0.3, -0.25) is 4.79 Å². The molecule has 0 radical (unpaired) electrons. The number of thiazole rings is 1. The Morgan fingerprint density at radius 1 is 1.43 bits per heavy atom. The molecule has 1 aliphatic carbocycles. The molecule has 1 aromatic heterocycles. The molecule has 5 heteroatoms. The van der Waals surface area contributed by atoms with Crippen molar-refractivity contribution in [2.24, 2.45) is 5.92 Å². The van der Waals surface area contributed by atoms with Gasteiger partial charge in [-0.25, -0.2) is 4.98 Å². The predicted octanol–water partition coefficient (Wildman–Crippen LogP) is 3.05. The van der Waals surface area contributed by atoms with Gasteiger partial charge in [-0.2, -0.15) is 0 Å². The number of rotatable bonds is 5. The molecule has 2 aliphatic rings. The van der Waals surface area contributed by atoms with Crippen LogP contribution < -0.4 is 5.32 Å². The van der Waals surface area contributed by atoms with Crippen LogP contribution in [0.15, 0.2) is 12.3 Å². The zero-order valence-electron chi connectivity index (χ0n) is 14.3. The van der Waals surface area contributed by atoms with Crippen LogP contribution in [0.4, 0.5) is 0 Å². The van der Waals surface area contributed by atoms with Gasteiger partial charge in [-0.15, -0.1) is 11.3 Å². The Balaban J connectivity index is 1.43. The third-order valence-electron chi connectivity index (χ3n) is 4.51. The second-order valence-electron chi connectivity index (χ2n) is 7.78. The number of aromatic nitrogens is 1. The van der Waals surface area contributed by atoms with Crippen LogP contribution in [0.5, 0.6) is 0 Å². The van der Waals surface area contributed by atoms with E-state index in [2.05, 4.69) is 36.0 Å². The van der Waals surface area contributed by atoms with Crippen LogP contribution in [0.3, 0.4) is 0 Å². The van der Waals surface area contributed by atoms with E-state index >= 15 is 0 Å². The standard InChI is InChI=1S/C18H27N3OS/c1-18(2,3)17-20-11-15(23-17)6-7-16(22)19-10-13-8-9-21(12-13)14-4-5-14/h6-7,11,13-14H,4-5,8-10,12H2,1-3H3,(H,19,22)/b7-6+. The first-order chi connectivity index (χ1) is 10.9. The Kier molecular flexibility index (Phi) is 4.87. The molecule has 1 amide bonds. The van der Waals surface area contributed by atoms with Crippen molar-refractivity contribution in [3.8, 4) is 0 Å². The SMILES string of the molecule is CC(C)(C)c1ncc(/C=C/C(=O)NCC2CCN(C3CC3)C2)s1. The largest absolute Gasteiger partial charge is 0.352 e. The van der Waals surface area contributed by atoms with E-state index in [1.807, 2.05) is 12.3 Å². The van der Waals surface area contributed by atoms with Crippen LogP contribution >= 0.6 is 11.3 Å². The number of carbonyl (C=O) groups is 1. The molecule has 1 aromatic rings. The molecule has 2 heterocycles. The zero-order chi connectivity index (χ0) is 16.4. The molecule has 0 spiro atoms. The van der Waals surface area contributed by atoms with Gasteiger partial charge in [0.2, 0.25) is 5.91 Å². The second kappa shape index (κ2) is 6.73. The Morgan fingerprint density at radius 3 is 2.87 bits per heavy atom. The van der Waals surface area contributed by atoms with Crippen LogP contribution in [0.1, 0.15) is 49.9 Å². The van der Waals surface area contributed by atoms with Crippen molar-refractivity contribution in [2.45, 2.75) is 51.5 Å². The number of hydrogen-bond acceptors (Lipinski definition) is 4. The molecule has 1 unspecified atom stereocenters. The molecule has 0 aromatic carbocycles. The molecule has 1 saturated carbocycles. The lowest BCUT2D eigenvalue weighted by molar-refractivity contribution is -0.116. The molecule has 126 valence electrons. The Bertz CT molecular complexity index is 583. The fourth-order valence-corrected chi connectivity index (χ4v) is 3.85. The minimum absolute atomic E-state index is 0.000538. The third-order valence-corrected chi connectivity index (χ3v) is 5.90. The zero-order valence-corrected chi connectivity index (χ0v) is 15.2. The lowest BCUT2D eigenvalue weighted by Gasteiger charge is -2.14. The first kappa shape index (κ1) is 16.7. The van der Waals surface area contributed by atoms with Crippen LogP contribution in [0.25, 0.3) is 6.08 Å². The minimum Gasteiger partial charge on any atom is -0.352 e. The molecular formula is C18H27N3OS. The molecule has 1 N–H and O–H groups in total. The van der Waals surface area contributed by atoms with E-state index in [1.54, 1.807) is 17.4 Å². The Hall–Kier alpha value is -1.20. The molecule has 0 bridgehead atoms.